The zero-order valence-corrected chi connectivity index (χ0v) is 17.5. The molecule has 2 fully saturated rings. The second-order valence-corrected chi connectivity index (χ2v) is 9.44. The largest absolute Gasteiger partial charge is 0.302 e. The van der Waals surface area contributed by atoms with E-state index >= 15 is 0 Å². The summed E-state index contributed by atoms with van der Waals surface area (Å²) in [6.45, 7) is 0. The van der Waals surface area contributed by atoms with Gasteiger partial charge >= 0.3 is 0 Å². The summed E-state index contributed by atoms with van der Waals surface area (Å²) in [7, 11) is 0. The van der Waals surface area contributed by atoms with Crippen molar-refractivity contribution in [2.45, 2.75) is 64.2 Å². The van der Waals surface area contributed by atoms with Crippen LogP contribution in [0.25, 0.3) is 11.4 Å². The molecule has 0 aromatic carbocycles. The Morgan fingerprint density at radius 1 is 0.714 bits per heavy atom. The third-order valence-electron chi connectivity index (χ3n) is 5.68. The third kappa shape index (κ3) is 4.78. The van der Waals surface area contributed by atoms with Gasteiger partial charge in [-0.2, -0.15) is 0 Å². The van der Waals surface area contributed by atoms with E-state index < -0.39 is 0 Å². The van der Waals surface area contributed by atoms with Gasteiger partial charge in [-0.3, -0.25) is 9.59 Å². The second-order valence-electron chi connectivity index (χ2n) is 7.72. The Hall–Kier alpha value is -1.80. The Morgan fingerprint density at radius 3 is 1.50 bits per heavy atom. The number of amides is 2. The second kappa shape index (κ2) is 9.13. The molecule has 0 unspecified atom stereocenters. The van der Waals surface area contributed by atoms with Crippen molar-refractivity contribution in [2.75, 3.05) is 10.6 Å². The standard InChI is InChI=1S/C20H26N4O2S2/c25-17(13-7-3-1-4-8-13)23-19-21-15(11-27-19)16-12-28-20(22-16)24-18(26)14-9-5-2-6-10-14/h11-14H,1-10H2,(H,21,23,25)(H,22,24,26). The number of hydrogen-bond acceptors (Lipinski definition) is 6. The van der Waals surface area contributed by atoms with Gasteiger partial charge in [-0.05, 0) is 25.7 Å². The zero-order valence-electron chi connectivity index (χ0n) is 15.9. The van der Waals surface area contributed by atoms with Crippen molar-refractivity contribution in [3.05, 3.63) is 10.8 Å². The molecule has 150 valence electrons. The number of carbonyl (C=O) groups excluding carboxylic acids is 2. The van der Waals surface area contributed by atoms with Gasteiger partial charge in [-0.1, -0.05) is 38.5 Å². The van der Waals surface area contributed by atoms with Crippen molar-refractivity contribution in [3.8, 4) is 11.4 Å². The van der Waals surface area contributed by atoms with E-state index in [9.17, 15) is 9.59 Å². The highest BCUT2D eigenvalue weighted by molar-refractivity contribution is 7.15. The van der Waals surface area contributed by atoms with Crippen molar-refractivity contribution in [1.29, 1.82) is 0 Å². The number of anilines is 2. The lowest BCUT2D eigenvalue weighted by molar-refractivity contribution is -0.121. The van der Waals surface area contributed by atoms with Gasteiger partial charge in [0.05, 0.1) is 0 Å². The van der Waals surface area contributed by atoms with Crippen LogP contribution in [0, 0.1) is 11.8 Å². The van der Waals surface area contributed by atoms with E-state index in [4.69, 9.17) is 0 Å². The van der Waals surface area contributed by atoms with Gasteiger partial charge < -0.3 is 10.6 Å². The lowest BCUT2D eigenvalue weighted by atomic mass is 9.89. The highest BCUT2D eigenvalue weighted by Crippen LogP contribution is 2.31. The average molecular weight is 419 g/mol. The molecule has 2 amide bonds. The number of thiazole rings is 2. The number of aromatic nitrogens is 2. The fourth-order valence-corrected chi connectivity index (χ4v) is 5.46. The maximum absolute atomic E-state index is 12.4. The van der Waals surface area contributed by atoms with Crippen LogP contribution >= 0.6 is 22.7 Å². The molecule has 2 heterocycles. The van der Waals surface area contributed by atoms with E-state index in [0.29, 0.717) is 10.3 Å². The van der Waals surface area contributed by atoms with Crippen LogP contribution in [0.15, 0.2) is 10.8 Å². The van der Waals surface area contributed by atoms with Crippen LogP contribution in [0.3, 0.4) is 0 Å². The first kappa shape index (κ1) is 19.5. The van der Waals surface area contributed by atoms with Gasteiger partial charge in [0.25, 0.3) is 0 Å². The first-order valence-electron chi connectivity index (χ1n) is 10.2. The van der Waals surface area contributed by atoms with E-state index in [1.165, 1.54) is 35.5 Å². The number of nitrogens with zero attached hydrogens (tertiary/aromatic N) is 2. The number of hydrogen-bond donors (Lipinski definition) is 2. The van der Waals surface area contributed by atoms with E-state index in [1.54, 1.807) is 0 Å². The molecule has 2 aliphatic carbocycles. The Morgan fingerprint density at radius 2 is 1.11 bits per heavy atom. The van der Waals surface area contributed by atoms with Crippen molar-refractivity contribution >= 4 is 44.8 Å². The minimum atomic E-state index is 0.0827. The summed E-state index contributed by atoms with van der Waals surface area (Å²) in [5.41, 5.74) is 1.47. The normalized spacial score (nSPS) is 18.7. The lowest BCUT2D eigenvalue weighted by Gasteiger charge is -2.19. The Balaban J connectivity index is 1.35. The Kier molecular flexibility index (Phi) is 6.36. The van der Waals surface area contributed by atoms with Gasteiger partial charge in [0.1, 0.15) is 11.4 Å². The Labute approximate surface area is 173 Å². The van der Waals surface area contributed by atoms with Crippen molar-refractivity contribution in [3.63, 3.8) is 0 Å². The molecule has 2 aromatic heterocycles. The molecule has 2 N–H and O–H groups in total. The third-order valence-corrected chi connectivity index (χ3v) is 7.20. The summed E-state index contributed by atoms with van der Waals surface area (Å²) in [5, 5.41) is 11.0. The van der Waals surface area contributed by atoms with Crippen LogP contribution in [0.4, 0.5) is 10.3 Å². The van der Waals surface area contributed by atoms with E-state index in [0.717, 1.165) is 62.8 Å². The fourth-order valence-electron chi connectivity index (χ4n) is 4.04. The molecule has 0 spiro atoms. The molecule has 6 nitrogen and oxygen atoms in total. The number of rotatable bonds is 5. The SMILES string of the molecule is O=C(Nc1nc(-c2csc(NC(=O)C3CCCCC3)n2)cs1)C1CCCCC1. The average Bonchev–Trinajstić information content (AvgIpc) is 3.39. The molecule has 4 rings (SSSR count). The van der Waals surface area contributed by atoms with Crippen LogP contribution in [-0.4, -0.2) is 21.8 Å². The van der Waals surface area contributed by atoms with Gasteiger partial charge in [0.2, 0.25) is 11.8 Å². The summed E-state index contributed by atoms with van der Waals surface area (Å²) in [6.07, 6.45) is 10.9. The highest BCUT2D eigenvalue weighted by atomic mass is 32.1. The van der Waals surface area contributed by atoms with E-state index in [1.807, 2.05) is 10.8 Å². The predicted molar refractivity (Wildman–Crippen MR) is 114 cm³/mol. The topological polar surface area (TPSA) is 84.0 Å². The molecule has 0 saturated heterocycles. The van der Waals surface area contributed by atoms with Crippen molar-refractivity contribution in [1.82, 2.24) is 9.97 Å². The molecule has 2 aromatic rings. The van der Waals surface area contributed by atoms with Crippen molar-refractivity contribution in [2.24, 2.45) is 11.8 Å². The molecule has 0 bridgehead atoms. The molecule has 0 radical (unpaired) electrons. The van der Waals surface area contributed by atoms with Crippen LogP contribution in [0.1, 0.15) is 64.2 Å². The van der Waals surface area contributed by atoms with Crippen LogP contribution in [-0.2, 0) is 9.59 Å². The minimum Gasteiger partial charge on any atom is -0.302 e. The summed E-state index contributed by atoms with van der Waals surface area (Å²) in [4.78, 5) is 33.8. The maximum atomic E-state index is 12.4. The molecule has 0 aliphatic heterocycles. The lowest BCUT2D eigenvalue weighted by Crippen LogP contribution is -2.24. The van der Waals surface area contributed by atoms with Gasteiger partial charge in [-0.25, -0.2) is 9.97 Å². The van der Waals surface area contributed by atoms with Crippen LogP contribution in [0.2, 0.25) is 0 Å². The quantitative estimate of drug-likeness (QED) is 0.690. The van der Waals surface area contributed by atoms with Crippen LogP contribution < -0.4 is 10.6 Å². The summed E-state index contributed by atoms with van der Waals surface area (Å²) in [6, 6.07) is 0. The molecular formula is C20H26N4O2S2. The molecule has 0 atom stereocenters. The maximum Gasteiger partial charge on any atom is 0.229 e. The van der Waals surface area contributed by atoms with Gasteiger partial charge in [0, 0.05) is 22.6 Å². The zero-order chi connectivity index (χ0) is 19.3. The fraction of sp³-hybridized carbons (Fsp3) is 0.600. The summed E-state index contributed by atoms with van der Waals surface area (Å²) >= 11 is 2.83. The van der Waals surface area contributed by atoms with Crippen molar-refractivity contribution < 1.29 is 9.59 Å². The first-order valence-corrected chi connectivity index (χ1v) is 12.0. The van der Waals surface area contributed by atoms with E-state index in [-0.39, 0.29) is 23.7 Å². The molecule has 8 heteroatoms. The molecule has 2 saturated carbocycles. The predicted octanol–water partition coefficient (Wildman–Crippen LogP) is 5.30. The van der Waals surface area contributed by atoms with Crippen LogP contribution in [0.5, 0.6) is 0 Å². The number of carbonyl (C=O) groups is 2. The number of nitrogens with one attached hydrogen (secondary N) is 2. The summed E-state index contributed by atoms with van der Waals surface area (Å²) < 4.78 is 0. The first-order chi connectivity index (χ1) is 13.7. The molecular weight excluding hydrogens is 392 g/mol. The Bertz CT molecular complexity index is 752. The summed E-state index contributed by atoms with van der Waals surface area (Å²) in [5.74, 6) is 0.391. The van der Waals surface area contributed by atoms with Gasteiger partial charge in [0.15, 0.2) is 10.3 Å². The molecule has 28 heavy (non-hydrogen) atoms. The minimum absolute atomic E-state index is 0.0827. The van der Waals surface area contributed by atoms with Gasteiger partial charge in [-0.15, -0.1) is 22.7 Å². The smallest absolute Gasteiger partial charge is 0.229 e. The highest BCUT2D eigenvalue weighted by Gasteiger charge is 2.23. The monoisotopic (exact) mass is 418 g/mol. The van der Waals surface area contributed by atoms with E-state index in [2.05, 4.69) is 20.6 Å². The molecule has 2 aliphatic rings.